The maximum Gasteiger partial charge on any atom is 0.137 e. The van der Waals surface area contributed by atoms with Gasteiger partial charge in [-0.3, -0.25) is 0 Å². The van der Waals surface area contributed by atoms with E-state index in [0.717, 1.165) is 0 Å². The van der Waals surface area contributed by atoms with Crippen LogP contribution in [0.5, 0.6) is 5.75 Å². The molecule has 14 heavy (non-hydrogen) atoms. The van der Waals surface area contributed by atoms with E-state index in [1.165, 1.54) is 7.11 Å². The van der Waals surface area contributed by atoms with Crippen molar-refractivity contribution in [3.8, 4) is 5.75 Å². The molecule has 0 aliphatic carbocycles. The number of rotatable bonds is 3. The summed E-state index contributed by atoms with van der Waals surface area (Å²) in [7, 11) is 1.51. The topological polar surface area (TPSA) is 35.2 Å². The predicted molar refractivity (Wildman–Crippen MR) is 58.2 cm³/mol. The summed E-state index contributed by atoms with van der Waals surface area (Å²) in [5.41, 5.74) is 6.18. The van der Waals surface area contributed by atoms with Crippen molar-refractivity contribution in [2.45, 2.75) is 6.04 Å². The Morgan fingerprint density at radius 3 is 2.71 bits per heavy atom. The average molecular weight is 240 g/mol. The monoisotopic (exact) mass is 239 g/mol. The first-order valence-electron chi connectivity index (χ1n) is 3.84. The smallest absolute Gasteiger partial charge is 0.137 e. The molecular weight excluding hydrogens is 228 g/mol. The van der Waals surface area contributed by atoms with Crippen molar-refractivity contribution in [1.82, 2.24) is 0 Å². The van der Waals surface area contributed by atoms with Gasteiger partial charge < -0.3 is 10.5 Å². The number of ether oxygens (including phenoxy) is 1. The Bertz CT molecular complexity index is 296. The number of hydrogen-bond acceptors (Lipinski definition) is 2. The van der Waals surface area contributed by atoms with Crippen LogP contribution in [0.1, 0.15) is 11.6 Å². The van der Waals surface area contributed by atoms with Gasteiger partial charge in [-0.05, 0) is 17.7 Å². The molecule has 5 heteroatoms. The van der Waals surface area contributed by atoms with Crippen LogP contribution in [-0.2, 0) is 0 Å². The number of hydrogen-bond donors (Lipinski definition) is 1. The van der Waals surface area contributed by atoms with Gasteiger partial charge in [0.1, 0.15) is 12.4 Å². The molecule has 0 aliphatic heterocycles. The SMILES string of the molecule is COc1cc([C@@H](N)CF)ccc1Cl.Cl. The molecule has 0 aliphatic rings. The van der Waals surface area contributed by atoms with Gasteiger partial charge >= 0.3 is 0 Å². The fraction of sp³-hybridized carbons (Fsp3) is 0.333. The molecule has 0 aromatic heterocycles. The van der Waals surface area contributed by atoms with Crippen LogP contribution in [0.2, 0.25) is 5.02 Å². The van der Waals surface area contributed by atoms with Gasteiger partial charge in [-0.1, -0.05) is 17.7 Å². The Labute approximate surface area is 93.6 Å². The lowest BCUT2D eigenvalue weighted by Crippen LogP contribution is -2.12. The third-order valence-corrected chi connectivity index (χ3v) is 2.08. The van der Waals surface area contributed by atoms with Crippen LogP contribution in [0.3, 0.4) is 0 Å². The summed E-state index contributed by atoms with van der Waals surface area (Å²) in [6.07, 6.45) is 0. The van der Waals surface area contributed by atoms with E-state index >= 15 is 0 Å². The minimum absolute atomic E-state index is 0. The summed E-state index contributed by atoms with van der Waals surface area (Å²) in [4.78, 5) is 0. The van der Waals surface area contributed by atoms with Crippen LogP contribution >= 0.6 is 24.0 Å². The van der Waals surface area contributed by atoms with E-state index in [9.17, 15) is 4.39 Å². The van der Waals surface area contributed by atoms with Crippen LogP contribution in [0.15, 0.2) is 18.2 Å². The largest absolute Gasteiger partial charge is 0.495 e. The maximum absolute atomic E-state index is 12.2. The second-order valence-electron chi connectivity index (χ2n) is 2.65. The molecule has 0 unspecified atom stereocenters. The Kier molecular flexibility index (Phi) is 5.84. The molecule has 2 nitrogen and oxygen atoms in total. The molecule has 0 saturated carbocycles. The molecule has 0 fully saturated rings. The fourth-order valence-electron chi connectivity index (χ4n) is 0.996. The van der Waals surface area contributed by atoms with E-state index in [1.54, 1.807) is 18.2 Å². The van der Waals surface area contributed by atoms with Gasteiger partial charge in [0.05, 0.1) is 18.2 Å². The standard InChI is InChI=1S/C9H11ClFNO.ClH/c1-13-9-4-6(8(12)5-11)2-3-7(9)10;/h2-4,8H,5,12H2,1H3;1H/t8-;/m0./s1. The molecule has 0 radical (unpaired) electrons. The molecular formula is C9H12Cl2FNO. The van der Waals surface area contributed by atoms with Gasteiger partial charge in [0.15, 0.2) is 0 Å². The molecule has 0 amide bonds. The molecule has 2 N–H and O–H groups in total. The van der Waals surface area contributed by atoms with Gasteiger partial charge in [-0.15, -0.1) is 12.4 Å². The van der Waals surface area contributed by atoms with Crippen LogP contribution < -0.4 is 10.5 Å². The highest BCUT2D eigenvalue weighted by molar-refractivity contribution is 6.32. The van der Waals surface area contributed by atoms with Gasteiger partial charge in [0.2, 0.25) is 0 Å². The lowest BCUT2D eigenvalue weighted by molar-refractivity contribution is 0.410. The first-order chi connectivity index (χ1) is 6.19. The molecule has 80 valence electrons. The minimum atomic E-state index is -0.605. The lowest BCUT2D eigenvalue weighted by atomic mass is 10.1. The highest BCUT2D eigenvalue weighted by Gasteiger charge is 2.08. The molecule has 1 aromatic rings. The summed E-state index contributed by atoms with van der Waals surface area (Å²) >= 11 is 5.78. The third-order valence-electron chi connectivity index (χ3n) is 1.77. The predicted octanol–water partition coefficient (Wildman–Crippen LogP) is 2.74. The Morgan fingerprint density at radius 1 is 1.57 bits per heavy atom. The van der Waals surface area contributed by atoms with Crippen LogP contribution in [-0.4, -0.2) is 13.8 Å². The average Bonchev–Trinajstić information content (AvgIpc) is 2.17. The Morgan fingerprint density at radius 2 is 2.21 bits per heavy atom. The minimum Gasteiger partial charge on any atom is -0.495 e. The summed E-state index contributed by atoms with van der Waals surface area (Å²) in [5.74, 6) is 0.517. The van der Waals surface area contributed by atoms with Crippen molar-refractivity contribution in [2.75, 3.05) is 13.8 Å². The van der Waals surface area contributed by atoms with Crippen LogP contribution in [0.4, 0.5) is 4.39 Å². The van der Waals surface area contributed by atoms with Crippen molar-refractivity contribution >= 4 is 24.0 Å². The quantitative estimate of drug-likeness (QED) is 0.881. The zero-order valence-corrected chi connectivity index (χ0v) is 9.24. The third kappa shape index (κ3) is 3.01. The van der Waals surface area contributed by atoms with Crippen LogP contribution in [0.25, 0.3) is 0 Å². The lowest BCUT2D eigenvalue weighted by Gasteiger charge is -2.09. The summed E-state index contributed by atoms with van der Waals surface area (Å²) in [6, 6.07) is 4.37. The molecule has 0 saturated heterocycles. The molecule has 1 aromatic carbocycles. The summed E-state index contributed by atoms with van der Waals surface area (Å²) < 4.78 is 17.2. The fourth-order valence-corrected chi connectivity index (χ4v) is 1.19. The van der Waals surface area contributed by atoms with E-state index in [1.807, 2.05) is 0 Å². The van der Waals surface area contributed by atoms with Crippen molar-refractivity contribution in [1.29, 1.82) is 0 Å². The first kappa shape index (κ1) is 13.5. The Hall–Kier alpha value is -0.510. The highest BCUT2D eigenvalue weighted by Crippen LogP contribution is 2.27. The van der Waals surface area contributed by atoms with E-state index in [2.05, 4.69) is 0 Å². The molecule has 0 spiro atoms. The van der Waals surface area contributed by atoms with Crippen molar-refractivity contribution in [3.05, 3.63) is 28.8 Å². The zero-order valence-electron chi connectivity index (χ0n) is 7.67. The Balaban J connectivity index is 0.00000169. The van der Waals surface area contributed by atoms with E-state index in [-0.39, 0.29) is 12.4 Å². The second-order valence-corrected chi connectivity index (χ2v) is 3.06. The van der Waals surface area contributed by atoms with Gasteiger partial charge in [0, 0.05) is 0 Å². The number of alkyl halides is 1. The summed E-state index contributed by atoms with van der Waals surface area (Å²) in [6.45, 7) is -0.592. The maximum atomic E-state index is 12.2. The number of methoxy groups -OCH3 is 1. The molecule has 0 bridgehead atoms. The van der Waals surface area contributed by atoms with Gasteiger partial charge in [0.25, 0.3) is 0 Å². The molecule has 0 heterocycles. The van der Waals surface area contributed by atoms with E-state index < -0.39 is 12.7 Å². The second kappa shape index (κ2) is 6.06. The van der Waals surface area contributed by atoms with Crippen LogP contribution in [0, 0.1) is 0 Å². The number of nitrogens with two attached hydrogens (primary N) is 1. The first-order valence-corrected chi connectivity index (χ1v) is 4.21. The normalized spacial score (nSPS) is 11.7. The molecule has 1 rings (SSSR count). The van der Waals surface area contributed by atoms with Crippen molar-refractivity contribution in [2.24, 2.45) is 5.73 Å². The van der Waals surface area contributed by atoms with E-state index in [4.69, 9.17) is 22.1 Å². The van der Waals surface area contributed by atoms with Gasteiger partial charge in [-0.25, -0.2) is 4.39 Å². The molecule has 1 atom stereocenters. The van der Waals surface area contributed by atoms with Gasteiger partial charge in [-0.2, -0.15) is 0 Å². The number of benzene rings is 1. The summed E-state index contributed by atoms with van der Waals surface area (Å²) in [5, 5.41) is 0.498. The zero-order chi connectivity index (χ0) is 9.84. The van der Waals surface area contributed by atoms with E-state index in [0.29, 0.717) is 16.3 Å². The number of halogens is 3. The van der Waals surface area contributed by atoms with Crippen molar-refractivity contribution in [3.63, 3.8) is 0 Å². The van der Waals surface area contributed by atoms with Crippen molar-refractivity contribution < 1.29 is 9.13 Å². The highest BCUT2D eigenvalue weighted by atomic mass is 35.5.